The van der Waals surface area contributed by atoms with Gasteiger partial charge in [0.1, 0.15) is 11.6 Å². The van der Waals surface area contributed by atoms with Gasteiger partial charge >= 0.3 is 0 Å². The van der Waals surface area contributed by atoms with E-state index in [1.54, 1.807) is 0 Å². The van der Waals surface area contributed by atoms with Crippen molar-refractivity contribution >= 4 is 11.3 Å². The highest BCUT2D eigenvalue weighted by Crippen LogP contribution is 2.33. The number of benzene rings is 1. The van der Waals surface area contributed by atoms with Crippen LogP contribution in [0.3, 0.4) is 0 Å². The lowest BCUT2D eigenvalue weighted by molar-refractivity contribution is 0.109. The monoisotopic (exact) mass is 294 g/mol. The molecule has 0 amide bonds. The normalized spacial score (nSPS) is 14.8. The molecular formula is C15H14F2NOS. The summed E-state index contributed by atoms with van der Waals surface area (Å²) in [5, 5.41) is 0.860. The Balaban J connectivity index is 1.83. The van der Waals surface area contributed by atoms with Gasteiger partial charge in [0.2, 0.25) is 0 Å². The summed E-state index contributed by atoms with van der Waals surface area (Å²) in [6, 6.07) is 4.55. The minimum absolute atomic E-state index is 0.387. The van der Waals surface area contributed by atoms with E-state index in [2.05, 4.69) is 4.98 Å². The molecule has 1 aromatic heterocycles. The third kappa shape index (κ3) is 3.22. The summed E-state index contributed by atoms with van der Waals surface area (Å²) in [5.41, 5.74) is 1.24. The lowest BCUT2D eigenvalue weighted by atomic mass is 10.1. The quantitative estimate of drug-likeness (QED) is 0.827. The molecule has 0 unspecified atom stereocenters. The maximum Gasteiger partial charge on any atom is 0.134 e. The van der Waals surface area contributed by atoms with Crippen molar-refractivity contribution in [1.29, 1.82) is 0 Å². The van der Waals surface area contributed by atoms with Crippen LogP contribution in [0.2, 0.25) is 0 Å². The molecule has 3 rings (SSSR count). The lowest BCUT2D eigenvalue weighted by Gasteiger charge is -2.04. The average molecular weight is 294 g/mol. The summed E-state index contributed by atoms with van der Waals surface area (Å²) in [4.78, 5) is 5.17. The van der Waals surface area contributed by atoms with E-state index in [9.17, 15) is 8.78 Å². The molecule has 1 aromatic carbocycles. The zero-order chi connectivity index (χ0) is 14.1. The average Bonchev–Trinajstić information content (AvgIpc) is 3.11. The van der Waals surface area contributed by atoms with Crippen LogP contribution in [0.4, 0.5) is 8.78 Å². The van der Waals surface area contributed by atoms with Gasteiger partial charge in [-0.2, -0.15) is 0 Å². The fourth-order valence-corrected chi connectivity index (χ4v) is 2.94. The van der Waals surface area contributed by atoms with Crippen LogP contribution in [-0.2, 0) is 11.3 Å². The van der Waals surface area contributed by atoms with Gasteiger partial charge < -0.3 is 4.74 Å². The van der Waals surface area contributed by atoms with Crippen molar-refractivity contribution in [2.24, 2.45) is 5.92 Å². The third-order valence-corrected chi connectivity index (χ3v) is 4.22. The second kappa shape index (κ2) is 5.58. The van der Waals surface area contributed by atoms with Crippen LogP contribution in [0.15, 0.2) is 12.1 Å². The highest BCUT2D eigenvalue weighted by atomic mass is 32.1. The first-order valence-corrected chi connectivity index (χ1v) is 7.36. The van der Waals surface area contributed by atoms with E-state index in [1.165, 1.54) is 36.3 Å². The molecule has 105 valence electrons. The molecule has 0 atom stereocenters. The van der Waals surface area contributed by atoms with Crippen molar-refractivity contribution in [3.8, 4) is 10.4 Å². The fraction of sp³-hybridized carbons (Fsp3) is 0.400. The van der Waals surface area contributed by atoms with E-state index >= 15 is 0 Å². The van der Waals surface area contributed by atoms with E-state index in [4.69, 9.17) is 4.74 Å². The van der Waals surface area contributed by atoms with Crippen molar-refractivity contribution in [3.05, 3.63) is 40.5 Å². The number of rotatable bonds is 5. The largest absolute Gasteiger partial charge is 0.375 e. The van der Waals surface area contributed by atoms with Gasteiger partial charge in [-0.15, -0.1) is 11.3 Å². The second-order valence-electron chi connectivity index (χ2n) is 5.03. The summed E-state index contributed by atoms with van der Waals surface area (Å²) >= 11 is 1.42. The van der Waals surface area contributed by atoms with E-state index in [-0.39, 0.29) is 0 Å². The maximum absolute atomic E-state index is 13.3. The summed E-state index contributed by atoms with van der Waals surface area (Å²) in [6.07, 6.45) is 2.46. The Morgan fingerprint density at radius 1 is 1.35 bits per heavy atom. The van der Waals surface area contributed by atoms with E-state index in [1.807, 2.05) is 13.0 Å². The SMILES string of the molecule is Cc1nc(COCC2CC2)c(-c2cc(F)[c]c(F)c2)s1. The molecule has 5 heteroatoms. The zero-order valence-corrected chi connectivity index (χ0v) is 11.9. The number of thiazole rings is 1. The topological polar surface area (TPSA) is 22.1 Å². The fourth-order valence-electron chi connectivity index (χ4n) is 2.03. The molecule has 0 aliphatic heterocycles. The van der Waals surface area contributed by atoms with Gasteiger partial charge in [0.15, 0.2) is 0 Å². The van der Waals surface area contributed by atoms with E-state index in [0.717, 1.165) is 22.2 Å². The van der Waals surface area contributed by atoms with Crippen LogP contribution in [0.5, 0.6) is 0 Å². The molecule has 20 heavy (non-hydrogen) atoms. The number of ether oxygens (including phenoxy) is 1. The minimum Gasteiger partial charge on any atom is -0.375 e. The lowest BCUT2D eigenvalue weighted by Crippen LogP contribution is -1.98. The zero-order valence-electron chi connectivity index (χ0n) is 11.1. The number of hydrogen-bond acceptors (Lipinski definition) is 3. The molecule has 1 saturated carbocycles. The maximum atomic E-state index is 13.3. The Morgan fingerprint density at radius 2 is 2.05 bits per heavy atom. The molecule has 0 spiro atoms. The summed E-state index contributed by atoms with van der Waals surface area (Å²) in [5.74, 6) is -0.716. The highest BCUT2D eigenvalue weighted by molar-refractivity contribution is 7.15. The van der Waals surface area contributed by atoms with Crippen molar-refractivity contribution in [3.63, 3.8) is 0 Å². The Kier molecular flexibility index (Phi) is 3.81. The second-order valence-corrected chi connectivity index (χ2v) is 6.24. The summed E-state index contributed by atoms with van der Waals surface area (Å²) in [6.45, 7) is 3.00. The van der Waals surface area contributed by atoms with Gasteiger partial charge in [0.05, 0.1) is 28.3 Å². The van der Waals surface area contributed by atoms with Crippen molar-refractivity contribution in [2.45, 2.75) is 26.4 Å². The van der Waals surface area contributed by atoms with Crippen molar-refractivity contribution in [2.75, 3.05) is 6.61 Å². The first-order chi connectivity index (χ1) is 9.61. The molecule has 2 aromatic rings. The Hall–Kier alpha value is -1.33. The molecule has 1 heterocycles. The van der Waals surface area contributed by atoms with Crippen LogP contribution in [0.1, 0.15) is 23.5 Å². The number of nitrogens with zero attached hydrogens (tertiary/aromatic N) is 1. The van der Waals surface area contributed by atoms with Gasteiger partial charge in [0.25, 0.3) is 0 Å². The first-order valence-electron chi connectivity index (χ1n) is 6.54. The van der Waals surface area contributed by atoms with Gasteiger partial charge in [-0.05, 0) is 43.4 Å². The van der Waals surface area contributed by atoms with Gasteiger partial charge in [-0.1, -0.05) is 0 Å². The van der Waals surface area contributed by atoms with Gasteiger partial charge in [-0.3, -0.25) is 0 Å². The van der Waals surface area contributed by atoms with Crippen LogP contribution in [0, 0.1) is 30.5 Å². The van der Waals surface area contributed by atoms with E-state index in [0.29, 0.717) is 18.1 Å². The predicted octanol–water partition coefficient (Wildman–Crippen LogP) is 4.12. The first kappa shape index (κ1) is 13.6. The summed E-state index contributed by atoms with van der Waals surface area (Å²) < 4.78 is 32.2. The van der Waals surface area contributed by atoms with Crippen LogP contribution in [0.25, 0.3) is 10.4 Å². The van der Waals surface area contributed by atoms with Crippen molar-refractivity contribution < 1.29 is 13.5 Å². The number of hydrogen-bond donors (Lipinski definition) is 0. The molecule has 2 nitrogen and oxygen atoms in total. The Morgan fingerprint density at radius 3 is 2.70 bits per heavy atom. The standard InChI is InChI=1S/C15H14F2NOS/c1-9-18-14(8-19-7-10-2-3-10)15(20-9)11-4-12(16)6-13(17)5-11/h4-5,10H,2-3,7-8H2,1H3. The van der Waals surface area contributed by atoms with E-state index < -0.39 is 11.6 Å². The Labute approximate surface area is 120 Å². The highest BCUT2D eigenvalue weighted by Gasteiger charge is 2.22. The molecule has 1 radical (unpaired) electrons. The number of halogens is 2. The molecule has 1 aliphatic carbocycles. The Bertz CT molecular complexity index is 602. The third-order valence-electron chi connectivity index (χ3n) is 3.16. The molecule has 1 aliphatic rings. The summed E-state index contributed by atoms with van der Waals surface area (Å²) in [7, 11) is 0. The van der Waals surface area contributed by atoms with Crippen molar-refractivity contribution in [1.82, 2.24) is 4.98 Å². The van der Waals surface area contributed by atoms with Crippen LogP contribution >= 0.6 is 11.3 Å². The molecular weight excluding hydrogens is 280 g/mol. The van der Waals surface area contributed by atoms with Crippen LogP contribution in [-0.4, -0.2) is 11.6 Å². The number of aryl methyl sites for hydroxylation is 1. The van der Waals surface area contributed by atoms with Crippen LogP contribution < -0.4 is 0 Å². The smallest absolute Gasteiger partial charge is 0.134 e. The number of aromatic nitrogens is 1. The molecule has 1 fully saturated rings. The van der Waals surface area contributed by atoms with Gasteiger partial charge in [-0.25, -0.2) is 13.8 Å². The van der Waals surface area contributed by atoms with Gasteiger partial charge in [0, 0.05) is 6.61 Å². The minimum atomic E-state index is -0.698. The molecule has 0 N–H and O–H groups in total. The molecule has 0 bridgehead atoms. The molecule has 0 saturated heterocycles. The predicted molar refractivity (Wildman–Crippen MR) is 73.4 cm³/mol.